The van der Waals surface area contributed by atoms with Gasteiger partial charge in [0, 0.05) is 49.7 Å². The molecule has 0 radical (unpaired) electrons. The average molecular weight is 501 g/mol. The molecule has 0 saturated carbocycles. The Morgan fingerprint density at radius 2 is 1.49 bits per heavy atom. The molecule has 4 rings (SSSR count). The van der Waals surface area contributed by atoms with Crippen molar-refractivity contribution in [1.82, 2.24) is 4.90 Å². The SMILES string of the molecule is Cc1cc(CO)cc(C)c1NC(=O)N1CCN(c2ccc(NC(=O)CCCc3ccccc3)cc2)CC1. The molecular formula is C30H36N4O3. The maximum Gasteiger partial charge on any atom is 0.321 e. The highest BCUT2D eigenvalue weighted by molar-refractivity contribution is 5.92. The number of benzene rings is 3. The minimum absolute atomic E-state index is 0.0139. The van der Waals surface area contributed by atoms with E-state index in [1.54, 1.807) is 0 Å². The summed E-state index contributed by atoms with van der Waals surface area (Å²) in [5, 5.41) is 15.4. The van der Waals surface area contributed by atoms with E-state index in [9.17, 15) is 14.7 Å². The third-order valence-electron chi connectivity index (χ3n) is 6.80. The largest absolute Gasteiger partial charge is 0.392 e. The van der Waals surface area contributed by atoms with E-state index in [1.165, 1.54) is 5.56 Å². The lowest BCUT2D eigenvalue weighted by molar-refractivity contribution is -0.116. The minimum Gasteiger partial charge on any atom is -0.392 e. The Morgan fingerprint density at radius 1 is 0.838 bits per heavy atom. The average Bonchev–Trinajstić information content (AvgIpc) is 2.91. The molecule has 3 amide bonds. The highest BCUT2D eigenvalue weighted by Crippen LogP contribution is 2.24. The van der Waals surface area contributed by atoms with Crippen molar-refractivity contribution < 1.29 is 14.7 Å². The number of hydrogen-bond acceptors (Lipinski definition) is 4. The molecule has 37 heavy (non-hydrogen) atoms. The second-order valence-corrected chi connectivity index (χ2v) is 9.60. The zero-order valence-electron chi connectivity index (χ0n) is 21.7. The fourth-order valence-corrected chi connectivity index (χ4v) is 4.77. The maximum absolute atomic E-state index is 12.9. The van der Waals surface area contributed by atoms with E-state index in [1.807, 2.05) is 73.3 Å². The molecule has 0 spiro atoms. The van der Waals surface area contributed by atoms with Crippen molar-refractivity contribution in [2.24, 2.45) is 0 Å². The number of rotatable bonds is 8. The number of urea groups is 1. The molecule has 1 aliphatic heterocycles. The summed E-state index contributed by atoms with van der Waals surface area (Å²) >= 11 is 0. The monoisotopic (exact) mass is 500 g/mol. The van der Waals surface area contributed by atoms with Crippen molar-refractivity contribution in [3.05, 3.63) is 89.0 Å². The number of carbonyl (C=O) groups is 2. The van der Waals surface area contributed by atoms with Gasteiger partial charge in [-0.05, 0) is 73.2 Å². The smallest absolute Gasteiger partial charge is 0.321 e. The van der Waals surface area contributed by atoms with Crippen LogP contribution in [0.4, 0.5) is 21.9 Å². The van der Waals surface area contributed by atoms with Crippen LogP contribution in [0.1, 0.15) is 35.1 Å². The molecule has 3 N–H and O–H groups in total. The van der Waals surface area contributed by atoms with Crippen molar-refractivity contribution in [2.75, 3.05) is 41.7 Å². The van der Waals surface area contributed by atoms with Crippen LogP contribution in [-0.2, 0) is 17.8 Å². The van der Waals surface area contributed by atoms with Crippen LogP contribution in [0.2, 0.25) is 0 Å². The fourth-order valence-electron chi connectivity index (χ4n) is 4.77. The molecule has 0 aliphatic carbocycles. The molecule has 194 valence electrons. The molecule has 0 atom stereocenters. The summed E-state index contributed by atoms with van der Waals surface area (Å²) in [7, 11) is 0. The van der Waals surface area contributed by atoms with Gasteiger partial charge < -0.3 is 25.5 Å². The number of piperazine rings is 1. The topological polar surface area (TPSA) is 84.9 Å². The van der Waals surface area contributed by atoms with Gasteiger partial charge in [0.1, 0.15) is 0 Å². The van der Waals surface area contributed by atoms with Gasteiger partial charge in [0.05, 0.1) is 6.61 Å². The van der Waals surface area contributed by atoms with Crippen LogP contribution >= 0.6 is 0 Å². The number of nitrogens with one attached hydrogen (secondary N) is 2. The van der Waals surface area contributed by atoms with E-state index in [0.29, 0.717) is 19.5 Å². The van der Waals surface area contributed by atoms with Gasteiger partial charge in [0.25, 0.3) is 0 Å². The fraction of sp³-hybridized carbons (Fsp3) is 0.333. The van der Waals surface area contributed by atoms with E-state index in [2.05, 4.69) is 27.7 Å². The summed E-state index contributed by atoms with van der Waals surface area (Å²) in [6.07, 6.45) is 2.20. The molecule has 3 aromatic carbocycles. The van der Waals surface area contributed by atoms with Gasteiger partial charge in [-0.15, -0.1) is 0 Å². The number of hydrogen-bond donors (Lipinski definition) is 3. The van der Waals surface area contributed by atoms with E-state index in [4.69, 9.17) is 0 Å². The number of amides is 3. The molecule has 7 heteroatoms. The molecule has 1 saturated heterocycles. The summed E-state index contributed by atoms with van der Waals surface area (Å²) in [6.45, 7) is 6.59. The number of aryl methyl sites for hydroxylation is 3. The summed E-state index contributed by atoms with van der Waals surface area (Å²) in [4.78, 5) is 29.3. The van der Waals surface area contributed by atoms with Crippen LogP contribution in [0.15, 0.2) is 66.7 Å². The van der Waals surface area contributed by atoms with Crippen LogP contribution < -0.4 is 15.5 Å². The minimum atomic E-state index is -0.104. The first-order valence-corrected chi connectivity index (χ1v) is 12.9. The molecule has 0 aromatic heterocycles. The third-order valence-corrected chi connectivity index (χ3v) is 6.80. The Labute approximate surface area is 219 Å². The number of aliphatic hydroxyl groups is 1. The van der Waals surface area contributed by atoms with Crippen molar-refractivity contribution in [1.29, 1.82) is 0 Å². The summed E-state index contributed by atoms with van der Waals surface area (Å²) in [5.41, 5.74) is 6.66. The zero-order valence-corrected chi connectivity index (χ0v) is 21.7. The first-order valence-electron chi connectivity index (χ1n) is 12.9. The molecule has 0 unspecified atom stereocenters. The van der Waals surface area contributed by atoms with Crippen molar-refractivity contribution >= 4 is 29.0 Å². The Kier molecular flexibility index (Phi) is 8.80. The zero-order chi connectivity index (χ0) is 26.2. The van der Waals surface area contributed by atoms with Crippen LogP contribution in [0.3, 0.4) is 0 Å². The van der Waals surface area contributed by atoms with Gasteiger partial charge in [-0.25, -0.2) is 4.79 Å². The molecule has 1 aliphatic rings. The first kappa shape index (κ1) is 26.2. The molecular weight excluding hydrogens is 464 g/mol. The Hall–Kier alpha value is -3.84. The lowest BCUT2D eigenvalue weighted by Gasteiger charge is -2.36. The van der Waals surface area contributed by atoms with Gasteiger partial charge in [-0.2, -0.15) is 0 Å². The Morgan fingerprint density at radius 3 is 2.11 bits per heavy atom. The molecule has 1 fully saturated rings. The van der Waals surface area contributed by atoms with E-state index in [-0.39, 0.29) is 18.5 Å². The normalized spacial score (nSPS) is 13.4. The lowest BCUT2D eigenvalue weighted by atomic mass is 10.0. The predicted molar refractivity (Wildman–Crippen MR) is 149 cm³/mol. The van der Waals surface area contributed by atoms with E-state index >= 15 is 0 Å². The summed E-state index contributed by atoms with van der Waals surface area (Å²) in [6, 6.07) is 21.8. The highest BCUT2D eigenvalue weighted by Gasteiger charge is 2.22. The maximum atomic E-state index is 12.9. The number of anilines is 3. The number of carbonyl (C=O) groups excluding carboxylic acids is 2. The van der Waals surface area contributed by atoms with Gasteiger partial charge in [-0.1, -0.05) is 42.5 Å². The first-order chi connectivity index (χ1) is 17.9. The molecule has 0 bridgehead atoms. The number of nitrogens with zero attached hydrogens (tertiary/aromatic N) is 2. The Bertz CT molecular complexity index is 1180. The standard InChI is InChI=1S/C30H36N4O3/c1-22-19-25(21-35)20-23(2)29(22)32-30(37)34-17-15-33(16-18-34)27-13-11-26(12-14-27)31-28(36)10-6-9-24-7-4-3-5-8-24/h3-5,7-8,11-14,19-20,35H,6,9-10,15-18,21H2,1-2H3,(H,31,36)(H,32,37). The van der Waals surface area contributed by atoms with E-state index in [0.717, 1.165) is 59.7 Å². The second kappa shape index (κ2) is 12.4. The predicted octanol–water partition coefficient (Wildman–Crippen LogP) is 5.11. The summed E-state index contributed by atoms with van der Waals surface area (Å²) < 4.78 is 0. The quantitative estimate of drug-likeness (QED) is 0.401. The van der Waals surface area contributed by atoms with Crippen molar-refractivity contribution in [3.8, 4) is 0 Å². The number of aliphatic hydroxyl groups excluding tert-OH is 1. The lowest BCUT2D eigenvalue weighted by Crippen LogP contribution is -2.50. The molecule has 1 heterocycles. The van der Waals surface area contributed by atoms with Gasteiger partial charge in [0.2, 0.25) is 5.91 Å². The van der Waals surface area contributed by atoms with Crippen LogP contribution in [0.25, 0.3) is 0 Å². The van der Waals surface area contributed by atoms with Crippen molar-refractivity contribution in [2.45, 2.75) is 39.7 Å². The molecule has 7 nitrogen and oxygen atoms in total. The van der Waals surface area contributed by atoms with Crippen molar-refractivity contribution in [3.63, 3.8) is 0 Å². The second-order valence-electron chi connectivity index (χ2n) is 9.60. The van der Waals surface area contributed by atoms with Gasteiger partial charge in [0.15, 0.2) is 0 Å². The summed E-state index contributed by atoms with van der Waals surface area (Å²) in [5.74, 6) is 0.0276. The van der Waals surface area contributed by atoms with Crippen LogP contribution in [-0.4, -0.2) is 48.1 Å². The highest BCUT2D eigenvalue weighted by atomic mass is 16.3. The van der Waals surface area contributed by atoms with Gasteiger partial charge >= 0.3 is 6.03 Å². The Balaban J connectivity index is 1.23. The van der Waals surface area contributed by atoms with Gasteiger partial charge in [-0.3, -0.25) is 4.79 Å². The van der Waals surface area contributed by atoms with Crippen LogP contribution in [0, 0.1) is 13.8 Å². The molecule has 3 aromatic rings. The van der Waals surface area contributed by atoms with E-state index < -0.39 is 0 Å². The van der Waals surface area contributed by atoms with Crippen LogP contribution in [0.5, 0.6) is 0 Å². The third kappa shape index (κ3) is 7.11.